The fourth-order valence-electron chi connectivity index (χ4n) is 2.21. The molecule has 0 amide bonds. The number of carbonyl (C=O) groups is 1. The Kier molecular flexibility index (Phi) is 3.92. The molecule has 1 atom stereocenters. The summed E-state index contributed by atoms with van der Waals surface area (Å²) in [5, 5.41) is 19.2. The molecule has 1 aliphatic heterocycles. The van der Waals surface area contributed by atoms with E-state index in [-0.39, 0.29) is 12.0 Å². The summed E-state index contributed by atoms with van der Waals surface area (Å²) in [6, 6.07) is 3.14. The molecule has 1 aromatic carbocycles. The highest BCUT2D eigenvalue weighted by Crippen LogP contribution is 2.36. The van der Waals surface area contributed by atoms with E-state index in [4.69, 9.17) is 4.74 Å². The van der Waals surface area contributed by atoms with Crippen molar-refractivity contribution in [1.29, 1.82) is 0 Å². The van der Waals surface area contributed by atoms with E-state index in [1.807, 2.05) is 26.0 Å². The molecule has 0 bridgehead atoms. The van der Waals surface area contributed by atoms with Gasteiger partial charge in [0.25, 0.3) is 0 Å². The molecule has 0 unspecified atom stereocenters. The molecule has 0 radical (unpaired) electrons. The standard InChI is InChI=1S/C17H20O4/c1-10(2)14(18)9-12-8-13(16(19)20)7-11-5-6-17(3,4)21-15(11)12/h5-8,14,18H,1,9H2,2-4H3,(H,19,20)/t14-/m1/s1. The molecule has 0 saturated heterocycles. The zero-order valence-corrected chi connectivity index (χ0v) is 12.5. The average Bonchev–Trinajstić information content (AvgIpc) is 2.37. The minimum Gasteiger partial charge on any atom is -0.483 e. The van der Waals surface area contributed by atoms with Crippen LogP contribution in [-0.4, -0.2) is 27.9 Å². The third-order valence-corrected chi connectivity index (χ3v) is 3.45. The molecule has 112 valence electrons. The van der Waals surface area contributed by atoms with Gasteiger partial charge in [0.2, 0.25) is 0 Å². The Morgan fingerprint density at radius 3 is 2.67 bits per heavy atom. The van der Waals surface area contributed by atoms with Crippen molar-refractivity contribution >= 4 is 12.0 Å². The SMILES string of the molecule is C=C(C)[C@H](O)Cc1cc(C(=O)O)cc2c1OC(C)(C)C=C2. The van der Waals surface area contributed by atoms with Crippen LogP contribution in [0.4, 0.5) is 0 Å². The van der Waals surface area contributed by atoms with Gasteiger partial charge in [-0.15, -0.1) is 0 Å². The van der Waals surface area contributed by atoms with Gasteiger partial charge in [0.1, 0.15) is 11.4 Å². The number of fused-ring (bicyclic) bond motifs is 1. The second kappa shape index (κ2) is 5.37. The van der Waals surface area contributed by atoms with Gasteiger partial charge < -0.3 is 14.9 Å². The number of ether oxygens (including phenoxy) is 1. The molecule has 0 spiro atoms. The highest BCUT2D eigenvalue weighted by molar-refractivity contribution is 5.89. The normalized spacial score (nSPS) is 16.8. The molecular formula is C17H20O4. The molecule has 0 fully saturated rings. The van der Waals surface area contributed by atoms with Gasteiger partial charge in [0.15, 0.2) is 0 Å². The molecule has 21 heavy (non-hydrogen) atoms. The van der Waals surface area contributed by atoms with E-state index in [9.17, 15) is 15.0 Å². The minimum absolute atomic E-state index is 0.186. The van der Waals surface area contributed by atoms with Gasteiger partial charge in [-0.2, -0.15) is 0 Å². The Morgan fingerprint density at radius 2 is 2.10 bits per heavy atom. The van der Waals surface area contributed by atoms with E-state index in [0.29, 0.717) is 16.9 Å². The molecule has 2 N–H and O–H groups in total. The minimum atomic E-state index is -0.998. The highest BCUT2D eigenvalue weighted by Gasteiger charge is 2.26. The summed E-state index contributed by atoms with van der Waals surface area (Å²) in [7, 11) is 0. The van der Waals surface area contributed by atoms with Crippen LogP contribution in [0.3, 0.4) is 0 Å². The first-order valence-corrected chi connectivity index (χ1v) is 6.81. The molecule has 4 heteroatoms. The summed E-state index contributed by atoms with van der Waals surface area (Å²) in [5.41, 5.74) is 1.76. The smallest absolute Gasteiger partial charge is 0.335 e. The molecule has 1 aromatic rings. The fourth-order valence-corrected chi connectivity index (χ4v) is 2.21. The van der Waals surface area contributed by atoms with Crippen LogP contribution < -0.4 is 4.74 Å². The Hall–Kier alpha value is -2.07. The number of aromatic carboxylic acids is 1. The third-order valence-electron chi connectivity index (χ3n) is 3.45. The summed E-state index contributed by atoms with van der Waals surface area (Å²) >= 11 is 0. The first kappa shape index (κ1) is 15.3. The largest absolute Gasteiger partial charge is 0.483 e. The number of hydrogen-bond acceptors (Lipinski definition) is 3. The fraction of sp³-hybridized carbons (Fsp3) is 0.353. The summed E-state index contributed by atoms with van der Waals surface area (Å²) in [5.74, 6) is -0.366. The van der Waals surface area contributed by atoms with Gasteiger partial charge in [-0.25, -0.2) is 4.79 Å². The molecule has 0 saturated carbocycles. The lowest BCUT2D eigenvalue weighted by molar-refractivity contribution is 0.0696. The number of benzene rings is 1. The summed E-state index contributed by atoms with van der Waals surface area (Å²) < 4.78 is 5.95. The van der Waals surface area contributed by atoms with E-state index >= 15 is 0 Å². The predicted molar refractivity (Wildman–Crippen MR) is 81.7 cm³/mol. The van der Waals surface area contributed by atoms with Gasteiger partial charge in [0.05, 0.1) is 11.7 Å². The zero-order valence-electron chi connectivity index (χ0n) is 12.5. The van der Waals surface area contributed by atoms with Crippen molar-refractivity contribution in [2.75, 3.05) is 0 Å². The second-order valence-electron chi connectivity index (χ2n) is 5.96. The van der Waals surface area contributed by atoms with Gasteiger partial charge in [-0.3, -0.25) is 0 Å². The van der Waals surface area contributed by atoms with Crippen molar-refractivity contribution in [1.82, 2.24) is 0 Å². The molecule has 1 heterocycles. The molecule has 4 nitrogen and oxygen atoms in total. The van der Waals surface area contributed by atoms with Crippen molar-refractivity contribution in [3.63, 3.8) is 0 Å². The molecule has 0 aromatic heterocycles. The Balaban J connectivity index is 2.52. The average molecular weight is 288 g/mol. The third kappa shape index (κ3) is 3.34. The van der Waals surface area contributed by atoms with Crippen LogP contribution in [0.2, 0.25) is 0 Å². The van der Waals surface area contributed by atoms with Crippen molar-refractivity contribution in [3.05, 3.63) is 47.1 Å². The quantitative estimate of drug-likeness (QED) is 0.836. The monoisotopic (exact) mass is 288 g/mol. The molecule has 2 rings (SSSR count). The van der Waals surface area contributed by atoms with Crippen LogP contribution in [0.15, 0.2) is 30.4 Å². The first-order valence-electron chi connectivity index (χ1n) is 6.81. The van der Waals surface area contributed by atoms with E-state index < -0.39 is 17.7 Å². The Bertz CT molecular complexity index is 626. The number of carboxylic acids is 1. The van der Waals surface area contributed by atoms with Gasteiger partial charge in [-0.05, 0) is 44.5 Å². The van der Waals surface area contributed by atoms with Gasteiger partial charge >= 0.3 is 5.97 Å². The highest BCUT2D eigenvalue weighted by atomic mass is 16.5. The summed E-state index contributed by atoms with van der Waals surface area (Å²) in [6.45, 7) is 9.32. The van der Waals surface area contributed by atoms with Crippen LogP contribution in [0.5, 0.6) is 5.75 Å². The molecule has 1 aliphatic rings. The van der Waals surface area contributed by atoms with Crippen LogP contribution >= 0.6 is 0 Å². The van der Waals surface area contributed by atoms with E-state index in [0.717, 1.165) is 5.56 Å². The van der Waals surface area contributed by atoms with Crippen molar-refractivity contribution in [3.8, 4) is 5.75 Å². The van der Waals surface area contributed by atoms with Gasteiger partial charge in [-0.1, -0.05) is 18.2 Å². The number of hydrogen-bond donors (Lipinski definition) is 2. The zero-order chi connectivity index (χ0) is 15.8. The molecule has 0 aliphatic carbocycles. The lowest BCUT2D eigenvalue weighted by Gasteiger charge is -2.30. The summed E-state index contributed by atoms with van der Waals surface area (Å²) in [4.78, 5) is 11.2. The second-order valence-corrected chi connectivity index (χ2v) is 5.96. The number of rotatable bonds is 4. The maximum absolute atomic E-state index is 11.2. The lowest BCUT2D eigenvalue weighted by Crippen LogP contribution is -2.29. The van der Waals surface area contributed by atoms with Crippen molar-refractivity contribution in [2.45, 2.75) is 38.9 Å². The molecular weight excluding hydrogens is 268 g/mol. The van der Waals surface area contributed by atoms with Crippen LogP contribution in [0, 0.1) is 0 Å². The van der Waals surface area contributed by atoms with Crippen molar-refractivity contribution in [2.24, 2.45) is 0 Å². The predicted octanol–water partition coefficient (Wildman–Crippen LogP) is 3.05. The Morgan fingerprint density at radius 1 is 1.43 bits per heavy atom. The van der Waals surface area contributed by atoms with E-state index in [1.165, 1.54) is 0 Å². The van der Waals surface area contributed by atoms with Crippen LogP contribution in [-0.2, 0) is 6.42 Å². The van der Waals surface area contributed by atoms with Crippen LogP contribution in [0.1, 0.15) is 42.3 Å². The maximum atomic E-state index is 11.2. The summed E-state index contributed by atoms with van der Waals surface area (Å²) in [6.07, 6.45) is 3.31. The van der Waals surface area contributed by atoms with Crippen LogP contribution in [0.25, 0.3) is 6.08 Å². The number of carboxylic acid groups (broad SMARTS) is 1. The number of aliphatic hydroxyl groups excluding tert-OH is 1. The topological polar surface area (TPSA) is 66.8 Å². The van der Waals surface area contributed by atoms with E-state index in [2.05, 4.69) is 6.58 Å². The van der Waals surface area contributed by atoms with E-state index in [1.54, 1.807) is 19.1 Å². The first-order chi connectivity index (χ1) is 9.69. The van der Waals surface area contributed by atoms with Crippen molar-refractivity contribution < 1.29 is 19.7 Å². The lowest BCUT2D eigenvalue weighted by atomic mass is 9.94. The van der Waals surface area contributed by atoms with Gasteiger partial charge in [0, 0.05) is 12.0 Å². The maximum Gasteiger partial charge on any atom is 0.335 e. The number of aliphatic hydroxyl groups is 1. The Labute approximate surface area is 124 Å².